The molecule has 2 fully saturated rings. The minimum atomic E-state index is 0.722. The maximum atomic E-state index is 3.57. The lowest BCUT2D eigenvalue weighted by Crippen LogP contribution is -2.43. The van der Waals surface area contributed by atoms with Crippen molar-refractivity contribution in [3.05, 3.63) is 35.9 Å². The van der Waals surface area contributed by atoms with Crippen molar-refractivity contribution in [2.24, 2.45) is 5.92 Å². The van der Waals surface area contributed by atoms with Gasteiger partial charge < -0.3 is 5.32 Å². The maximum Gasteiger partial charge on any atom is 0.00993 e. The van der Waals surface area contributed by atoms with E-state index in [2.05, 4.69) is 47.5 Å². The molecule has 1 aliphatic heterocycles. The summed E-state index contributed by atoms with van der Waals surface area (Å²) in [5.74, 6) is 0.874. The number of hydrogen-bond donors (Lipinski definition) is 1. The smallest absolute Gasteiger partial charge is 0.00993 e. The molecule has 0 bridgehead atoms. The molecule has 1 aromatic rings. The molecule has 0 aromatic heterocycles. The Hall–Kier alpha value is -0.860. The van der Waals surface area contributed by atoms with Crippen LogP contribution in [0, 0.1) is 5.92 Å². The summed E-state index contributed by atoms with van der Waals surface area (Å²) in [5.41, 5.74) is 1.49. The van der Waals surface area contributed by atoms with Crippen LogP contribution < -0.4 is 5.32 Å². The molecule has 1 saturated carbocycles. The zero-order chi connectivity index (χ0) is 14.5. The van der Waals surface area contributed by atoms with Gasteiger partial charge in [-0.25, -0.2) is 0 Å². The van der Waals surface area contributed by atoms with Crippen LogP contribution in [0.25, 0.3) is 0 Å². The molecule has 2 atom stereocenters. The zero-order valence-electron chi connectivity index (χ0n) is 13.4. The zero-order valence-corrected chi connectivity index (χ0v) is 13.4. The van der Waals surface area contributed by atoms with Gasteiger partial charge in [0.2, 0.25) is 0 Å². The highest BCUT2D eigenvalue weighted by Crippen LogP contribution is 2.31. The Balaban J connectivity index is 1.50. The number of rotatable bonds is 7. The van der Waals surface area contributed by atoms with Gasteiger partial charge in [-0.3, -0.25) is 4.90 Å². The lowest BCUT2D eigenvalue weighted by Gasteiger charge is -2.34. The lowest BCUT2D eigenvalue weighted by atomic mass is 9.97. The first-order chi connectivity index (χ1) is 10.3. The molecule has 0 radical (unpaired) electrons. The SMILES string of the molecule is CC(CCc1ccccc1)N(CC1CCCNC1)C1CC1. The van der Waals surface area contributed by atoms with E-state index in [1.165, 1.54) is 63.7 Å². The fourth-order valence-corrected chi connectivity index (χ4v) is 3.66. The second kappa shape index (κ2) is 7.42. The molecule has 1 aliphatic carbocycles. The summed E-state index contributed by atoms with van der Waals surface area (Å²) < 4.78 is 0. The first kappa shape index (κ1) is 15.1. The van der Waals surface area contributed by atoms with E-state index in [1.807, 2.05) is 0 Å². The summed E-state index contributed by atoms with van der Waals surface area (Å²) in [5, 5.41) is 3.57. The first-order valence-corrected chi connectivity index (χ1v) is 8.83. The predicted molar refractivity (Wildman–Crippen MR) is 89.5 cm³/mol. The van der Waals surface area contributed by atoms with E-state index in [0.717, 1.165) is 18.0 Å². The average Bonchev–Trinajstić information content (AvgIpc) is 3.37. The molecule has 2 heteroatoms. The fourth-order valence-electron chi connectivity index (χ4n) is 3.66. The van der Waals surface area contributed by atoms with E-state index in [1.54, 1.807) is 0 Å². The summed E-state index contributed by atoms with van der Waals surface area (Å²) in [6.07, 6.45) is 8.14. The predicted octanol–water partition coefficient (Wildman–Crippen LogP) is 3.47. The Morgan fingerprint density at radius 2 is 2.00 bits per heavy atom. The van der Waals surface area contributed by atoms with Crippen molar-refractivity contribution >= 4 is 0 Å². The number of benzene rings is 1. The first-order valence-electron chi connectivity index (χ1n) is 8.83. The molecule has 1 N–H and O–H groups in total. The summed E-state index contributed by atoms with van der Waals surface area (Å²) in [6.45, 7) is 6.21. The minimum absolute atomic E-state index is 0.722. The van der Waals surface area contributed by atoms with Gasteiger partial charge in [-0.15, -0.1) is 0 Å². The molecule has 1 saturated heterocycles. The van der Waals surface area contributed by atoms with E-state index in [9.17, 15) is 0 Å². The van der Waals surface area contributed by atoms with Gasteiger partial charge in [-0.05, 0) is 70.0 Å². The van der Waals surface area contributed by atoms with Crippen molar-refractivity contribution in [1.29, 1.82) is 0 Å². The lowest BCUT2D eigenvalue weighted by molar-refractivity contribution is 0.147. The molecular formula is C19H30N2. The average molecular weight is 286 g/mol. The van der Waals surface area contributed by atoms with Gasteiger partial charge in [0.05, 0.1) is 0 Å². The quantitative estimate of drug-likeness (QED) is 0.825. The highest BCUT2D eigenvalue weighted by Gasteiger charge is 2.33. The van der Waals surface area contributed by atoms with Gasteiger partial charge in [0.15, 0.2) is 0 Å². The number of nitrogens with one attached hydrogen (secondary N) is 1. The van der Waals surface area contributed by atoms with Gasteiger partial charge in [-0.1, -0.05) is 30.3 Å². The summed E-state index contributed by atoms with van der Waals surface area (Å²) >= 11 is 0. The fraction of sp³-hybridized carbons (Fsp3) is 0.684. The number of piperidine rings is 1. The standard InChI is InChI=1S/C19H30N2/c1-16(9-10-17-6-3-2-4-7-17)21(19-11-12-19)15-18-8-5-13-20-14-18/h2-4,6-7,16,18-20H,5,8-15H2,1H3. The van der Waals surface area contributed by atoms with Crippen molar-refractivity contribution in [3.63, 3.8) is 0 Å². The number of aryl methyl sites for hydroxylation is 1. The third-order valence-corrected chi connectivity index (χ3v) is 5.14. The second-order valence-corrected chi connectivity index (χ2v) is 7.01. The third kappa shape index (κ3) is 4.55. The van der Waals surface area contributed by atoms with Gasteiger partial charge in [0, 0.05) is 18.6 Å². The van der Waals surface area contributed by atoms with E-state index >= 15 is 0 Å². The van der Waals surface area contributed by atoms with E-state index in [0.29, 0.717) is 0 Å². The van der Waals surface area contributed by atoms with Gasteiger partial charge in [-0.2, -0.15) is 0 Å². The van der Waals surface area contributed by atoms with Crippen LogP contribution in [0.2, 0.25) is 0 Å². The van der Waals surface area contributed by atoms with Crippen LogP contribution in [-0.4, -0.2) is 36.6 Å². The van der Waals surface area contributed by atoms with E-state index in [-0.39, 0.29) is 0 Å². The second-order valence-electron chi connectivity index (χ2n) is 7.01. The topological polar surface area (TPSA) is 15.3 Å². The van der Waals surface area contributed by atoms with Gasteiger partial charge >= 0.3 is 0 Å². The minimum Gasteiger partial charge on any atom is -0.316 e. The maximum absolute atomic E-state index is 3.57. The highest BCUT2D eigenvalue weighted by atomic mass is 15.2. The molecule has 0 amide bonds. The Labute approximate surface area is 129 Å². The Bertz CT molecular complexity index is 407. The molecule has 21 heavy (non-hydrogen) atoms. The van der Waals surface area contributed by atoms with Crippen molar-refractivity contribution in [2.75, 3.05) is 19.6 Å². The third-order valence-electron chi connectivity index (χ3n) is 5.14. The van der Waals surface area contributed by atoms with Crippen molar-refractivity contribution < 1.29 is 0 Å². The Morgan fingerprint density at radius 1 is 1.19 bits per heavy atom. The molecule has 0 spiro atoms. The molecular weight excluding hydrogens is 256 g/mol. The van der Waals surface area contributed by atoms with Crippen LogP contribution in [0.5, 0.6) is 0 Å². The summed E-state index contributed by atoms with van der Waals surface area (Å²) in [6, 6.07) is 12.6. The monoisotopic (exact) mass is 286 g/mol. The van der Waals surface area contributed by atoms with Crippen LogP contribution in [0.15, 0.2) is 30.3 Å². The van der Waals surface area contributed by atoms with Crippen LogP contribution in [0.4, 0.5) is 0 Å². The Kier molecular flexibility index (Phi) is 5.32. The largest absolute Gasteiger partial charge is 0.316 e. The van der Waals surface area contributed by atoms with Crippen LogP contribution in [-0.2, 0) is 6.42 Å². The molecule has 2 nitrogen and oxygen atoms in total. The molecule has 2 unspecified atom stereocenters. The molecule has 1 heterocycles. The summed E-state index contributed by atoms with van der Waals surface area (Å²) in [4.78, 5) is 2.82. The molecule has 1 aromatic carbocycles. The van der Waals surface area contributed by atoms with Crippen molar-refractivity contribution in [2.45, 2.75) is 57.5 Å². The van der Waals surface area contributed by atoms with Gasteiger partial charge in [0.25, 0.3) is 0 Å². The number of nitrogens with zero attached hydrogens (tertiary/aromatic N) is 1. The number of hydrogen-bond acceptors (Lipinski definition) is 2. The van der Waals surface area contributed by atoms with Gasteiger partial charge in [0.1, 0.15) is 0 Å². The van der Waals surface area contributed by atoms with E-state index < -0.39 is 0 Å². The van der Waals surface area contributed by atoms with Crippen LogP contribution >= 0.6 is 0 Å². The van der Waals surface area contributed by atoms with Crippen molar-refractivity contribution in [1.82, 2.24) is 10.2 Å². The summed E-state index contributed by atoms with van der Waals surface area (Å²) in [7, 11) is 0. The molecule has 3 rings (SSSR count). The van der Waals surface area contributed by atoms with Crippen LogP contribution in [0.1, 0.15) is 44.6 Å². The highest BCUT2D eigenvalue weighted by molar-refractivity contribution is 5.14. The van der Waals surface area contributed by atoms with Crippen LogP contribution in [0.3, 0.4) is 0 Å². The normalized spacial score (nSPS) is 24.2. The van der Waals surface area contributed by atoms with E-state index in [4.69, 9.17) is 0 Å². The molecule has 2 aliphatic rings. The molecule has 116 valence electrons. The van der Waals surface area contributed by atoms with Crippen molar-refractivity contribution in [3.8, 4) is 0 Å². The Morgan fingerprint density at radius 3 is 2.67 bits per heavy atom.